The number of nitrogens with one attached hydrogen (secondary N) is 3. The van der Waals surface area contributed by atoms with Gasteiger partial charge in [-0.1, -0.05) is 35.9 Å². The molecule has 0 saturated carbocycles. The number of benzene rings is 1. The lowest BCUT2D eigenvalue weighted by atomic mass is 9.73. The molecule has 3 N–H and O–H groups in total. The van der Waals surface area contributed by atoms with Crippen molar-refractivity contribution in [1.29, 1.82) is 0 Å². The highest BCUT2D eigenvalue weighted by Gasteiger charge is 2.45. The highest BCUT2D eigenvalue weighted by Crippen LogP contribution is 2.49. The smallest absolute Gasteiger partial charge is 0.253 e. The molecule has 2 aliphatic heterocycles. The van der Waals surface area contributed by atoms with Gasteiger partial charge in [0.2, 0.25) is 0 Å². The minimum Gasteiger partial charge on any atom is -0.379 e. The third-order valence-electron chi connectivity index (χ3n) is 7.47. The van der Waals surface area contributed by atoms with Crippen molar-refractivity contribution in [1.82, 2.24) is 4.90 Å². The number of ether oxygens (including phenoxy) is 1. The summed E-state index contributed by atoms with van der Waals surface area (Å²) in [5.74, 6) is 0.0167. The normalized spacial score (nSPS) is 27.0. The van der Waals surface area contributed by atoms with Crippen molar-refractivity contribution in [2.24, 2.45) is 11.8 Å². The second kappa shape index (κ2) is 10.4. The number of likely N-dealkylation sites (N-methyl/N-ethyl adjacent to an activating group) is 1. The quantitative estimate of drug-likeness (QED) is 0.460. The largest absolute Gasteiger partial charge is 0.379 e. The van der Waals surface area contributed by atoms with Gasteiger partial charge >= 0.3 is 0 Å². The fourth-order valence-electron chi connectivity index (χ4n) is 5.61. The van der Waals surface area contributed by atoms with Crippen LogP contribution in [0.25, 0.3) is 0 Å². The van der Waals surface area contributed by atoms with Gasteiger partial charge in [-0.2, -0.15) is 0 Å². The maximum absolute atomic E-state index is 15.0. The van der Waals surface area contributed by atoms with Gasteiger partial charge in [-0.3, -0.25) is 9.59 Å². The number of anilines is 3. The van der Waals surface area contributed by atoms with E-state index in [1.54, 1.807) is 6.07 Å². The van der Waals surface area contributed by atoms with Crippen LogP contribution >= 0.6 is 11.6 Å². The number of hydrogen-bond donors (Lipinski definition) is 3. The van der Waals surface area contributed by atoms with E-state index in [2.05, 4.69) is 28.1 Å². The third kappa shape index (κ3) is 4.82. The molecule has 5 atom stereocenters. The van der Waals surface area contributed by atoms with Gasteiger partial charge in [-0.05, 0) is 45.5 Å². The van der Waals surface area contributed by atoms with Crippen molar-refractivity contribution < 1.29 is 9.13 Å². The molecule has 0 amide bonds. The van der Waals surface area contributed by atoms with E-state index in [0.717, 1.165) is 31.4 Å². The van der Waals surface area contributed by atoms with Crippen LogP contribution in [0, 0.1) is 17.7 Å². The minimum absolute atomic E-state index is 0.0364. The van der Waals surface area contributed by atoms with E-state index in [9.17, 15) is 14.0 Å². The first kappa shape index (κ1) is 25.0. The van der Waals surface area contributed by atoms with Crippen LogP contribution in [-0.4, -0.2) is 50.8 Å². The van der Waals surface area contributed by atoms with Crippen LogP contribution in [0.4, 0.5) is 21.5 Å². The Bertz CT molecular complexity index is 1250. The molecule has 9 heteroatoms. The van der Waals surface area contributed by atoms with Crippen LogP contribution in [0.15, 0.2) is 46.0 Å². The first-order valence-corrected chi connectivity index (χ1v) is 12.9. The lowest BCUT2D eigenvalue weighted by molar-refractivity contribution is -0.0897. The molecule has 7 nitrogen and oxygen atoms in total. The van der Waals surface area contributed by atoms with Gasteiger partial charge < -0.3 is 25.6 Å². The van der Waals surface area contributed by atoms with Gasteiger partial charge in [-0.25, -0.2) is 4.39 Å². The Kier molecular flexibility index (Phi) is 7.19. The fraction of sp³-hybridized carbons (Fsp3) is 0.481. The van der Waals surface area contributed by atoms with Gasteiger partial charge in [0, 0.05) is 48.1 Å². The predicted molar refractivity (Wildman–Crippen MR) is 142 cm³/mol. The lowest BCUT2D eigenvalue weighted by Crippen LogP contribution is -2.48. The van der Waals surface area contributed by atoms with E-state index in [4.69, 9.17) is 16.3 Å². The minimum atomic E-state index is -0.505. The Morgan fingerprint density at radius 1 is 1.14 bits per heavy atom. The molecular formula is C27H32ClFN4O3. The number of nitrogens with zero attached hydrogens (tertiary/aromatic N) is 1. The number of halogens is 2. The first-order chi connectivity index (χ1) is 17.3. The van der Waals surface area contributed by atoms with E-state index in [1.165, 1.54) is 6.07 Å². The molecular weight excluding hydrogens is 483 g/mol. The van der Waals surface area contributed by atoms with Gasteiger partial charge in [-0.15, -0.1) is 0 Å². The summed E-state index contributed by atoms with van der Waals surface area (Å²) in [6.07, 6.45) is 10.5. The molecule has 1 fully saturated rings. The molecule has 0 spiro atoms. The first-order valence-electron chi connectivity index (χ1n) is 12.5. The Hall–Kier alpha value is -2.68. The van der Waals surface area contributed by atoms with E-state index >= 15 is 0 Å². The Balaban J connectivity index is 1.32. The molecule has 1 aliphatic carbocycles. The predicted octanol–water partition coefficient (Wildman–Crippen LogP) is 3.92. The maximum atomic E-state index is 15.0. The number of hydrogen-bond acceptors (Lipinski definition) is 7. The van der Waals surface area contributed by atoms with Crippen LogP contribution in [-0.2, 0) is 4.74 Å². The maximum Gasteiger partial charge on any atom is 0.253 e. The molecule has 2 aromatic carbocycles. The van der Waals surface area contributed by atoms with E-state index in [-0.39, 0.29) is 35.9 Å². The van der Waals surface area contributed by atoms with E-state index < -0.39 is 10.9 Å². The van der Waals surface area contributed by atoms with Crippen LogP contribution in [0.3, 0.4) is 0 Å². The SMILES string of the molecule is CN(C)CCNc1c(NC[C@H]2CC[C@@H]3[C@H](O2)c2cc(Cl)cc(F)c2N[C@H]3C2C=CC=CC2)c(=O)c1=O. The standard InChI is InChI=1S/C27H32ClFN4O3/c1-33(2)11-10-30-23-24(26(35)25(23)34)31-14-17-8-9-18-21(15-6-4-3-5-7-15)32-22-19(27(18)36-17)12-16(28)13-20(22)29/h3-6,12-13,15,17-18,21,27,30-32H,7-11,14H2,1-2H3/t15?,17-,18+,21+,27+/m1/s1. The summed E-state index contributed by atoms with van der Waals surface area (Å²) < 4.78 is 21.5. The second-order valence-electron chi connectivity index (χ2n) is 10.2. The molecule has 5 rings (SSSR count). The van der Waals surface area contributed by atoms with Gasteiger partial charge in [0.15, 0.2) is 0 Å². The van der Waals surface area contributed by atoms with Crippen molar-refractivity contribution in [3.8, 4) is 0 Å². The molecule has 0 bridgehead atoms. The average Bonchev–Trinajstić information content (AvgIpc) is 2.87. The fourth-order valence-corrected chi connectivity index (χ4v) is 5.83. The van der Waals surface area contributed by atoms with Crippen LogP contribution in [0.2, 0.25) is 5.02 Å². The average molecular weight is 515 g/mol. The molecule has 2 aromatic rings. The summed E-state index contributed by atoms with van der Waals surface area (Å²) in [5, 5.41) is 10.0. The van der Waals surface area contributed by atoms with E-state index in [1.807, 2.05) is 31.1 Å². The molecule has 1 saturated heterocycles. The Morgan fingerprint density at radius 2 is 1.92 bits per heavy atom. The van der Waals surface area contributed by atoms with Crippen molar-refractivity contribution in [3.63, 3.8) is 0 Å². The Morgan fingerprint density at radius 3 is 2.64 bits per heavy atom. The summed E-state index contributed by atoms with van der Waals surface area (Å²) >= 11 is 6.23. The van der Waals surface area contributed by atoms with Crippen LogP contribution in [0.1, 0.15) is 30.9 Å². The van der Waals surface area contributed by atoms with Crippen molar-refractivity contribution >= 4 is 28.7 Å². The molecule has 1 unspecified atom stereocenters. The second-order valence-corrected chi connectivity index (χ2v) is 10.6. The van der Waals surface area contributed by atoms with Crippen molar-refractivity contribution in [3.05, 3.63) is 73.3 Å². The molecule has 3 aliphatic rings. The summed E-state index contributed by atoms with van der Waals surface area (Å²) in [7, 11) is 3.89. The molecule has 0 radical (unpaired) electrons. The zero-order valence-corrected chi connectivity index (χ0v) is 21.3. The topological polar surface area (TPSA) is 82.7 Å². The highest BCUT2D eigenvalue weighted by atomic mass is 35.5. The number of rotatable bonds is 8. The summed E-state index contributed by atoms with van der Waals surface area (Å²) in [6.45, 7) is 1.70. The van der Waals surface area contributed by atoms with Crippen LogP contribution in [0.5, 0.6) is 0 Å². The van der Waals surface area contributed by atoms with Crippen molar-refractivity contribution in [2.75, 3.05) is 49.7 Å². The summed E-state index contributed by atoms with van der Waals surface area (Å²) in [5.41, 5.74) is 0.860. The van der Waals surface area contributed by atoms with Gasteiger partial charge in [0.25, 0.3) is 10.9 Å². The lowest BCUT2D eigenvalue weighted by Gasteiger charge is -2.47. The summed E-state index contributed by atoms with van der Waals surface area (Å²) in [6, 6.07) is 3.16. The van der Waals surface area contributed by atoms with Crippen LogP contribution < -0.4 is 26.8 Å². The molecule has 2 heterocycles. The number of fused-ring (bicyclic) bond motifs is 3. The molecule has 192 valence electrons. The monoisotopic (exact) mass is 514 g/mol. The molecule has 36 heavy (non-hydrogen) atoms. The van der Waals surface area contributed by atoms with Gasteiger partial charge in [0.05, 0.1) is 17.9 Å². The van der Waals surface area contributed by atoms with Gasteiger partial charge in [0.1, 0.15) is 17.2 Å². The molecule has 0 aromatic heterocycles. The highest BCUT2D eigenvalue weighted by molar-refractivity contribution is 6.30. The zero-order valence-electron chi connectivity index (χ0n) is 20.5. The third-order valence-corrected chi connectivity index (χ3v) is 7.69. The van der Waals surface area contributed by atoms with E-state index in [0.29, 0.717) is 35.2 Å². The van der Waals surface area contributed by atoms with Crippen molar-refractivity contribution in [2.45, 2.75) is 37.5 Å². The Labute approximate surface area is 215 Å². The zero-order chi connectivity index (χ0) is 25.4. The summed E-state index contributed by atoms with van der Waals surface area (Å²) in [4.78, 5) is 26.2. The number of allylic oxidation sites excluding steroid dienone is 3.